The maximum absolute atomic E-state index is 12.6. The lowest BCUT2D eigenvalue weighted by atomic mass is 9.86. The molecule has 4 atom stereocenters. The maximum atomic E-state index is 12.6. The Balaban J connectivity index is 1.27. The zero-order valence-electron chi connectivity index (χ0n) is 15.4. The highest BCUT2D eigenvalue weighted by molar-refractivity contribution is 6.21. The van der Waals surface area contributed by atoms with E-state index in [1.165, 1.54) is 30.6 Å². The predicted molar refractivity (Wildman–Crippen MR) is 101 cm³/mol. The van der Waals surface area contributed by atoms with Gasteiger partial charge in [-0.15, -0.1) is 0 Å². The lowest BCUT2D eigenvalue weighted by Gasteiger charge is -2.21. The Morgan fingerprint density at radius 1 is 1.15 bits per heavy atom. The number of imide groups is 1. The van der Waals surface area contributed by atoms with Crippen molar-refractivity contribution in [3.63, 3.8) is 0 Å². The Morgan fingerprint density at radius 2 is 2.04 bits per heavy atom. The monoisotopic (exact) mass is 367 g/mol. The van der Waals surface area contributed by atoms with Gasteiger partial charge in [0.15, 0.2) is 0 Å². The molecule has 27 heavy (non-hydrogen) atoms. The molecule has 2 saturated carbocycles. The number of rotatable bonds is 4. The van der Waals surface area contributed by atoms with Crippen molar-refractivity contribution in [1.29, 1.82) is 0 Å². The molecule has 4 aliphatic rings. The van der Waals surface area contributed by atoms with Crippen molar-refractivity contribution in [3.8, 4) is 0 Å². The Labute approximate surface area is 158 Å². The van der Waals surface area contributed by atoms with E-state index in [2.05, 4.69) is 5.32 Å². The minimum Gasteiger partial charge on any atom is -0.326 e. The molecule has 2 aliphatic heterocycles. The van der Waals surface area contributed by atoms with E-state index in [4.69, 9.17) is 0 Å². The number of carbonyl (C=O) groups excluding carboxylic acids is 3. The van der Waals surface area contributed by atoms with Crippen molar-refractivity contribution in [2.75, 3.05) is 16.8 Å². The number of nitrogens with one attached hydrogen (secondary N) is 1. The molecule has 0 spiro atoms. The van der Waals surface area contributed by atoms with Crippen molar-refractivity contribution in [3.05, 3.63) is 24.3 Å². The molecule has 6 nitrogen and oxygen atoms in total. The van der Waals surface area contributed by atoms with E-state index in [-0.39, 0.29) is 23.9 Å². The molecule has 2 saturated heterocycles. The van der Waals surface area contributed by atoms with Gasteiger partial charge in [0.2, 0.25) is 5.91 Å². The molecule has 0 aromatic heterocycles. The first-order valence-electron chi connectivity index (χ1n) is 10.1. The smallest absolute Gasteiger partial charge is 0.326 e. The number of hydrogen-bond acceptors (Lipinski definition) is 3. The molecule has 142 valence electrons. The average Bonchev–Trinajstić information content (AvgIpc) is 3.40. The number of fused-ring (bicyclic) bond motifs is 3. The molecule has 5 rings (SSSR count). The van der Waals surface area contributed by atoms with Crippen molar-refractivity contribution in [2.24, 2.45) is 17.8 Å². The van der Waals surface area contributed by atoms with E-state index in [9.17, 15) is 14.4 Å². The number of urea groups is 1. The first-order valence-corrected chi connectivity index (χ1v) is 10.1. The summed E-state index contributed by atoms with van der Waals surface area (Å²) in [6.45, 7) is 0.645. The van der Waals surface area contributed by atoms with Crippen molar-refractivity contribution in [2.45, 2.75) is 51.0 Å². The SMILES string of the molecule is O=C(C[C@@H]1C[C@@H]2CC[C@@H]1C2)Nc1cccc(N2C(=O)[C@@H]3CCCN3C2=O)c1. The zero-order chi connectivity index (χ0) is 18.5. The van der Waals surface area contributed by atoms with Crippen LogP contribution in [-0.2, 0) is 9.59 Å². The summed E-state index contributed by atoms with van der Waals surface area (Å²) in [7, 11) is 0. The van der Waals surface area contributed by atoms with E-state index < -0.39 is 0 Å². The highest BCUT2D eigenvalue weighted by atomic mass is 16.2. The first-order chi connectivity index (χ1) is 13.1. The number of amides is 4. The minimum absolute atomic E-state index is 0.0318. The normalized spacial score (nSPS) is 31.7. The van der Waals surface area contributed by atoms with Crippen LogP contribution in [0.5, 0.6) is 0 Å². The summed E-state index contributed by atoms with van der Waals surface area (Å²) in [4.78, 5) is 40.6. The molecule has 2 heterocycles. The number of nitrogens with zero attached hydrogens (tertiary/aromatic N) is 2. The Kier molecular flexibility index (Phi) is 3.95. The van der Waals surface area contributed by atoms with E-state index in [1.54, 1.807) is 23.1 Å². The third kappa shape index (κ3) is 2.82. The highest BCUT2D eigenvalue weighted by Crippen LogP contribution is 2.49. The molecule has 2 bridgehead atoms. The van der Waals surface area contributed by atoms with E-state index in [1.807, 2.05) is 6.07 Å². The first kappa shape index (κ1) is 16.8. The Hall–Kier alpha value is -2.37. The van der Waals surface area contributed by atoms with Gasteiger partial charge in [0.1, 0.15) is 6.04 Å². The van der Waals surface area contributed by atoms with Crippen molar-refractivity contribution in [1.82, 2.24) is 4.90 Å². The summed E-state index contributed by atoms with van der Waals surface area (Å²) in [6, 6.07) is 6.53. The molecular weight excluding hydrogens is 342 g/mol. The second-order valence-electron chi connectivity index (χ2n) is 8.55. The predicted octanol–water partition coefficient (Wildman–Crippen LogP) is 3.38. The molecule has 1 aromatic rings. The van der Waals surface area contributed by atoms with Gasteiger partial charge in [-0.05, 0) is 68.1 Å². The molecule has 0 radical (unpaired) electrons. The van der Waals surface area contributed by atoms with E-state index in [0.29, 0.717) is 30.3 Å². The van der Waals surface area contributed by atoms with E-state index in [0.717, 1.165) is 24.7 Å². The molecule has 4 fully saturated rings. The van der Waals surface area contributed by atoms with Gasteiger partial charge in [-0.1, -0.05) is 12.5 Å². The van der Waals surface area contributed by atoms with Gasteiger partial charge >= 0.3 is 6.03 Å². The Bertz CT molecular complexity index is 786. The number of anilines is 2. The molecule has 4 amide bonds. The van der Waals surface area contributed by atoms with Crippen molar-refractivity contribution >= 4 is 29.2 Å². The zero-order valence-corrected chi connectivity index (χ0v) is 15.4. The molecule has 1 aromatic carbocycles. The van der Waals surface area contributed by atoms with Gasteiger partial charge in [0.25, 0.3) is 5.91 Å². The van der Waals surface area contributed by atoms with Crippen LogP contribution < -0.4 is 10.2 Å². The van der Waals surface area contributed by atoms with Crippen LogP contribution in [0.4, 0.5) is 16.2 Å². The summed E-state index contributed by atoms with van der Waals surface area (Å²) in [5.41, 5.74) is 1.19. The fourth-order valence-corrected chi connectivity index (χ4v) is 5.66. The summed E-state index contributed by atoms with van der Waals surface area (Å²) in [5, 5.41) is 2.97. The van der Waals surface area contributed by atoms with Gasteiger partial charge in [-0.3, -0.25) is 9.59 Å². The fourth-order valence-electron chi connectivity index (χ4n) is 5.66. The topological polar surface area (TPSA) is 69.7 Å². The van der Waals surface area contributed by atoms with Crippen molar-refractivity contribution < 1.29 is 14.4 Å². The Morgan fingerprint density at radius 3 is 2.78 bits per heavy atom. The van der Waals surface area contributed by atoms with Gasteiger partial charge in [0.05, 0.1) is 5.69 Å². The van der Waals surface area contributed by atoms with Crippen LogP contribution in [0, 0.1) is 17.8 Å². The molecular formula is C21H25N3O3. The molecule has 2 aliphatic carbocycles. The van der Waals surface area contributed by atoms with Gasteiger partial charge < -0.3 is 10.2 Å². The average molecular weight is 367 g/mol. The summed E-state index contributed by atoms with van der Waals surface area (Å²) >= 11 is 0. The number of carbonyl (C=O) groups is 3. The van der Waals surface area contributed by atoms with Crippen LogP contribution in [-0.4, -0.2) is 35.3 Å². The number of hydrogen-bond donors (Lipinski definition) is 1. The van der Waals surface area contributed by atoms with E-state index >= 15 is 0 Å². The molecule has 0 unspecified atom stereocenters. The van der Waals surface area contributed by atoms with Crippen LogP contribution in [0.2, 0.25) is 0 Å². The molecule has 1 N–H and O–H groups in total. The highest BCUT2D eigenvalue weighted by Gasteiger charge is 2.48. The third-order valence-corrected chi connectivity index (χ3v) is 6.92. The minimum atomic E-state index is -0.312. The largest absolute Gasteiger partial charge is 0.332 e. The maximum Gasteiger partial charge on any atom is 0.332 e. The quantitative estimate of drug-likeness (QED) is 0.830. The van der Waals surface area contributed by atoms with Crippen LogP contribution in [0.25, 0.3) is 0 Å². The van der Waals surface area contributed by atoms with Gasteiger partial charge in [0, 0.05) is 18.7 Å². The van der Waals surface area contributed by atoms with Gasteiger partial charge in [-0.25, -0.2) is 9.69 Å². The molecule has 6 heteroatoms. The summed E-state index contributed by atoms with van der Waals surface area (Å²) in [5.74, 6) is 1.95. The van der Waals surface area contributed by atoms with Crippen LogP contribution in [0.1, 0.15) is 44.9 Å². The number of benzene rings is 1. The van der Waals surface area contributed by atoms with Crippen LogP contribution >= 0.6 is 0 Å². The van der Waals surface area contributed by atoms with Crippen LogP contribution in [0.15, 0.2) is 24.3 Å². The lowest BCUT2D eigenvalue weighted by Crippen LogP contribution is -2.33. The second-order valence-corrected chi connectivity index (χ2v) is 8.55. The van der Waals surface area contributed by atoms with Crippen LogP contribution in [0.3, 0.4) is 0 Å². The third-order valence-electron chi connectivity index (χ3n) is 6.92. The summed E-state index contributed by atoms with van der Waals surface area (Å²) in [6.07, 6.45) is 7.28. The fraction of sp³-hybridized carbons (Fsp3) is 0.571. The van der Waals surface area contributed by atoms with Gasteiger partial charge in [-0.2, -0.15) is 0 Å². The summed E-state index contributed by atoms with van der Waals surface area (Å²) < 4.78 is 0. The standard InChI is InChI=1S/C21H25N3O3/c25-19(11-15-10-13-6-7-14(15)9-13)22-16-3-1-4-17(12-16)24-20(26)18-5-2-8-23(18)21(24)27/h1,3-4,12-15,18H,2,5-11H2,(H,22,25)/t13-,14-,15+,18+/m1/s1. The lowest BCUT2D eigenvalue weighted by molar-refractivity contribution is -0.119. The second kappa shape index (κ2) is 6.36.